The van der Waals surface area contributed by atoms with Crippen molar-refractivity contribution < 1.29 is 9.47 Å². The van der Waals surface area contributed by atoms with Gasteiger partial charge in [0.15, 0.2) is 0 Å². The van der Waals surface area contributed by atoms with E-state index in [1.807, 2.05) is 0 Å². The second-order valence-corrected chi connectivity index (χ2v) is 12.5. The van der Waals surface area contributed by atoms with Crippen molar-refractivity contribution >= 4 is 62.0 Å². The van der Waals surface area contributed by atoms with Crippen molar-refractivity contribution in [2.75, 3.05) is 4.90 Å². The van der Waals surface area contributed by atoms with Crippen molar-refractivity contribution in [3.8, 4) is 39.8 Å². The molecule has 0 spiro atoms. The molecule has 0 unspecified atom stereocenters. The lowest BCUT2D eigenvalue weighted by Crippen LogP contribution is -2.61. The molecule has 0 fully saturated rings. The number of ether oxygens (including phenoxy) is 2. The van der Waals surface area contributed by atoms with Gasteiger partial charge < -0.3 is 18.9 Å². The average Bonchev–Trinajstić information content (AvgIpc) is 3.46. The Morgan fingerprint density at radius 1 is 0.404 bits per heavy atom. The second kappa shape index (κ2) is 9.18. The zero-order valence-corrected chi connectivity index (χ0v) is 25.2. The van der Waals surface area contributed by atoms with E-state index in [1.54, 1.807) is 0 Å². The summed E-state index contributed by atoms with van der Waals surface area (Å²) in [6.07, 6.45) is 0. The highest BCUT2D eigenvalue weighted by atomic mass is 16.5. The molecule has 4 nitrogen and oxygen atoms in total. The topological polar surface area (TPSA) is 26.6 Å². The number of rotatable bonds is 3. The van der Waals surface area contributed by atoms with Crippen LogP contribution < -0.4 is 30.8 Å². The van der Waals surface area contributed by atoms with E-state index in [2.05, 4.69) is 161 Å². The Balaban J connectivity index is 1.15. The zero-order chi connectivity index (χ0) is 30.6. The molecule has 3 aliphatic heterocycles. The molecule has 11 rings (SSSR count). The van der Waals surface area contributed by atoms with Crippen LogP contribution in [0.15, 0.2) is 152 Å². The van der Waals surface area contributed by atoms with Crippen LogP contribution in [0.1, 0.15) is 0 Å². The van der Waals surface area contributed by atoms with Gasteiger partial charge in [-0.2, -0.15) is 0 Å². The standard InChI is InChI=1S/C42H25BN2O2/c1-3-11-26(12-4-1)27-21-22-33-31(23-27)30-15-7-8-16-32(30)45(33)29-24-38-42-39(25-29)47-37-20-10-18-35-41(37)43(42)40-34(17-9-19-36(40)46-38)44(35)28-13-5-2-6-14-28/h1-25H. The fourth-order valence-electron chi connectivity index (χ4n) is 8.10. The van der Waals surface area contributed by atoms with Crippen molar-refractivity contribution in [3.05, 3.63) is 152 Å². The summed E-state index contributed by atoms with van der Waals surface area (Å²) in [6.45, 7) is 0.0143. The van der Waals surface area contributed by atoms with Gasteiger partial charge in [-0.3, -0.25) is 0 Å². The quantitative estimate of drug-likeness (QED) is 0.190. The van der Waals surface area contributed by atoms with Gasteiger partial charge >= 0.3 is 0 Å². The van der Waals surface area contributed by atoms with E-state index in [0.717, 1.165) is 62.2 Å². The molecule has 8 aromatic rings. The maximum atomic E-state index is 6.85. The van der Waals surface area contributed by atoms with E-state index < -0.39 is 0 Å². The van der Waals surface area contributed by atoms with Crippen LogP contribution in [0.5, 0.6) is 23.0 Å². The van der Waals surface area contributed by atoms with Crippen LogP contribution in [0.25, 0.3) is 38.6 Å². The number of hydrogen-bond donors (Lipinski definition) is 0. The Kier molecular flexibility index (Phi) is 4.89. The Morgan fingerprint density at radius 2 is 1.02 bits per heavy atom. The summed E-state index contributed by atoms with van der Waals surface area (Å²) in [4.78, 5) is 2.34. The SMILES string of the molecule is c1ccc(-c2ccc3c(c2)c2ccccc2n3-c2cc3c4c(c2)Oc2cccc5c2B4c2c(cccc2N5c2ccccc2)O3)cc1. The van der Waals surface area contributed by atoms with Crippen molar-refractivity contribution in [3.63, 3.8) is 0 Å². The first-order valence-corrected chi connectivity index (χ1v) is 16.1. The Hall–Kier alpha value is -6.20. The van der Waals surface area contributed by atoms with Gasteiger partial charge in [0.05, 0.1) is 16.7 Å². The van der Waals surface area contributed by atoms with E-state index in [9.17, 15) is 0 Å². The second-order valence-electron chi connectivity index (χ2n) is 12.5. The molecule has 218 valence electrons. The summed E-state index contributed by atoms with van der Waals surface area (Å²) in [5.74, 6) is 3.46. The van der Waals surface area contributed by atoms with Gasteiger partial charge in [-0.25, -0.2) is 0 Å². The smallest absolute Gasteiger partial charge is 0.266 e. The third-order valence-corrected chi connectivity index (χ3v) is 10.0. The molecule has 0 aliphatic carbocycles. The number of fused-ring (bicyclic) bond motifs is 3. The van der Waals surface area contributed by atoms with Crippen LogP contribution in [0.3, 0.4) is 0 Å². The number of benzene rings is 7. The van der Waals surface area contributed by atoms with Gasteiger partial charge in [0.2, 0.25) is 0 Å². The number of anilines is 3. The minimum atomic E-state index is 0.0143. The maximum Gasteiger partial charge on any atom is 0.266 e. The molecule has 5 heteroatoms. The lowest BCUT2D eigenvalue weighted by molar-refractivity contribution is 0.464. The molecule has 4 heterocycles. The van der Waals surface area contributed by atoms with Gasteiger partial charge in [-0.05, 0) is 76.6 Å². The van der Waals surface area contributed by atoms with E-state index in [4.69, 9.17) is 9.47 Å². The van der Waals surface area contributed by atoms with E-state index in [1.165, 1.54) is 32.8 Å². The Labute approximate surface area is 271 Å². The van der Waals surface area contributed by atoms with Crippen molar-refractivity contribution in [1.82, 2.24) is 4.57 Å². The van der Waals surface area contributed by atoms with Crippen LogP contribution >= 0.6 is 0 Å². The maximum absolute atomic E-state index is 6.85. The normalized spacial score (nSPS) is 13.4. The molecular formula is C42H25BN2O2. The van der Waals surface area contributed by atoms with Crippen molar-refractivity contribution in [2.24, 2.45) is 0 Å². The fourth-order valence-corrected chi connectivity index (χ4v) is 8.10. The molecule has 0 radical (unpaired) electrons. The summed E-state index contributed by atoms with van der Waals surface area (Å²) in [5, 5.41) is 2.43. The fraction of sp³-hybridized carbons (Fsp3) is 0. The van der Waals surface area contributed by atoms with Crippen molar-refractivity contribution in [1.29, 1.82) is 0 Å². The first kappa shape index (κ1) is 25.0. The Bertz CT molecular complexity index is 2510. The van der Waals surface area contributed by atoms with Gasteiger partial charge in [0.1, 0.15) is 23.0 Å². The molecular weight excluding hydrogens is 575 g/mol. The van der Waals surface area contributed by atoms with Crippen molar-refractivity contribution in [2.45, 2.75) is 0 Å². The Morgan fingerprint density at radius 3 is 1.72 bits per heavy atom. The molecule has 1 aromatic heterocycles. The lowest BCUT2D eigenvalue weighted by atomic mass is 9.33. The van der Waals surface area contributed by atoms with Gasteiger partial charge in [-0.15, -0.1) is 0 Å². The van der Waals surface area contributed by atoms with Crippen LogP contribution in [0, 0.1) is 0 Å². The van der Waals surface area contributed by atoms with E-state index in [0.29, 0.717) is 0 Å². The molecule has 0 saturated heterocycles. The highest BCUT2D eigenvalue weighted by molar-refractivity contribution is 7.00. The zero-order valence-electron chi connectivity index (χ0n) is 25.2. The minimum absolute atomic E-state index is 0.0143. The lowest BCUT2D eigenvalue weighted by Gasteiger charge is -2.42. The molecule has 0 N–H and O–H groups in total. The summed E-state index contributed by atoms with van der Waals surface area (Å²) < 4.78 is 16.1. The van der Waals surface area contributed by atoms with Crippen LogP contribution in [0.2, 0.25) is 0 Å². The molecule has 0 saturated carbocycles. The first-order valence-electron chi connectivity index (χ1n) is 16.1. The minimum Gasteiger partial charge on any atom is -0.458 e. The first-order chi connectivity index (χ1) is 23.3. The molecule has 7 aromatic carbocycles. The molecule has 0 atom stereocenters. The highest BCUT2D eigenvalue weighted by Crippen LogP contribution is 2.46. The third kappa shape index (κ3) is 3.38. The summed E-state index contributed by atoms with van der Waals surface area (Å²) in [6, 6.07) is 53.8. The number of para-hydroxylation sites is 2. The predicted molar refractivity (Wildman–Crippen MR) is 192 cm³/mol. The molecule has 47 heavy (non-hydrogen) atoms. The van der Waals surface area contributed by atoms with E-state index >= 15 is 0 Å². The van der Waals surface area contributed by atoms with Crippen LogP contribution in [0.4, 0.5) is 17.1 Å². The van der Waals surface area contributed by atoms with Crippen LogP contribution in [-0.2, 0) is 0 Å². The number of aromatic nitrogens is 1. The highest BCUT2D eigenvalue weighted by Gasteiger charge is 2.47. The third-order valence-electron chi connectivity index (χ3n) is 10.0. The average molecular weight is 600 g/mol. The summed E-state index contributed by atoms with van der Waals surface area (Å²) >= 11 is 0. The summed E-state index contributed by atoms with van der Waals surface area (Å²) in [7, 11) is 0. The number of hydrogen-bond acceptors (Lipinski definition) is 3. The monoisotopic (exact) mass is 600 g/mol. The van der Waals surface area contributed by atoms with Gasteiger partial charge in [-0.1, -0.05) is 84.9 Å². The number of nitrogens with zero attached hydrogens (tertiary/aromatic N) is 2. The molecule has 0 amide bonds. The van der Waals surface area contributed by atoms with E-state index in [-0.39, 0.29) is 6.71 Å². The summed E-state index contributed by atoms with van der Waals surface area (Å²) in [5.41, 5.74) is 12.6. The largest absolute Gasteiger partial charge is 0.458 e. The van der Waals surface area contributed by atoms with Gasteiger partial charge in [0.25, 0.3) is 6.71 Å². The molecule has 0 bridgehead atoms. The predicted octanol–water partition coefficient (Wildman–Crippen LogP) is 8.96. The molecule has 3 aliphatic rings. The van der Waals surface area contributed by atoms with Gasteiger partial charge in [0, 0.05) is 45.4 Å². The van der Waals surface area contributed by atoms with Crippen LogP contribution in [-0.4, -0.2) is 11.3 Å².